The molecule has 2 bridgehead atoms. The number of rotatable bonds is 0. The molecule has 1 amide bonds. The lowest BCUT2D eigenvalue weighted by Crippen LogP contribution is -2.58. The normalized spacial score (nSPS) is 46.6. The minimum absolute atomic E-state index is 0.00819. The molecule has 16 heavy (non-hydrogen) atoms. The lowest BCUT2D eigenvalue weighted by Gasteiger charge is -2.53. The van der Waals surface area contributed by atoms with E-state index in [0.29, 0.717) is 0 Å². The molecule has 88 valence electrons. The zero-order chi connectivity index (χ0) is 12.0. The van der Waals surface area contributed by atoms with Crippen LogP contribution in [0.4, 0.5) is 0 Å². The molecule has 1 N–H and O–H groups in total. The summed E-state index contributed by atoms with van der Waals surface area (Å²) in [5.41, 5.74) is 0.0115. The van der Waals surface area contributed by atoms with Crippen molar-refractivity contribution < 1.29 is 4.79 Å². The zero-order valence-electron chi connectivity index (χ0n) is 10.7. The second kappa shape index (κ2) is 3.26. The minimum atomic E-state index is -0.218. The van der Waals surface area contributed by atoms with Crippen LogP contribution in [0.5, 0.6) is 0 Å². The summed E-state index contributed by atoms with van der Waals surface area (Å²) in [5, 5.41) is 3.06. The molecule has 2 fully saturated rings. The second-order valence-corrected chi connectivity index (χ2v) is 6.52. The summed E-state index contributed by atoms with van der Waals surface area (Å²) in [6.07, 6.45) is 2.99. The maximum Gasteiger partial charge on any atom is 0.226 e. The van der Waals surface area contributed by atoms with Gasteiger partial charge in [-0.15, -0.1) is 5.92 Å². The van der Waals surface area contributed by atoms with Crippen LogP contribution in [0, 0.1) is 28.1 Å². The van der Waals surface area contributed by atoms with Gasteiger partial charge < -0.3 is 5.32 Å². The van der Waals surface area contributed by atoms with Crippen LogP contribution in [0.3, 0.4) is 0 Å². The third-order valence-electron chi connectivity index (χ3n) is 4.06. The maximum atomic E-state index is 12.0. The third-order valence-corrected chi connectivity index (χ3v) is 4.06. The first kappa shape index (κ1) is 11.5. The van der Waals surface area contributed by atoms with Gasteiger partial charge in [0.25, 0.3) is 0 Å². The Morgan fingerprint density at radius 1 is 1.19 bits per heavy atom. The van der Waals surface area contributed by atoms with Gasteiger partial charge in [0.1, 0.15) is 0 Å². The van der Waals surface area contributed by atoms with Crippen LogP contribution >= 0.6 is 0 Å². The fraction of sp³-hybridized carbons (Fsp3) is 0.786. The minimum Gasteiger partial charge on any atom is -0.355 e. The van der Waals surface area contributed by atoms with E-state index in [2.05, 4.69) is 37.9 Å². The van der Waals surface area contributed by atoms with Gasteiger partial charge in [-0.3, -0.25) is 4.79 Å². The molecular weight excluding hydrogens is 198 g/mol. The van der Waals surface area contributed by atoms with Gasteiger partial charge >= 0.3 is 0 Å². The maximum absolute atomic E-state index is 12.0. The van der Waals surface area contributed by atoms with Gasteiger partial charge in [-0.25, -0.2) is 0 Å². The van der Waals surface area contributed by atoms with Gasteiger partial charge in [-0.05, 0) is 38.5 Å². The first-order valence-electron chi connectivity index (χ1n) is 6.03. The van der Waals surface area contributed by atoms with E-state index in [9.17, 15) is 4.79 Å². The van der Waals surface area contributed by atoms with Gasteiger partial charge in [0.15, 0.2) is 0 Å². The number of piperidine rings is 1. The molecule has 0 aromatic carbocycles. The molecule has 3 unspecified atom stereocenters. The monoisotopic (exact) mass is 219 g/mol. The standard InChI is InChI=1S/C14H21NO/c1-5-6-12(2)7-13(3)9-14(4,8-12)11(16)15-10-13/h7-10H2,1-4H3,(H,15,16). The van der Waals surface area contributed by atoms with Gasteiger partial charge in [-0.1, -0.05) is 19.8 Å². The molecular formula is C14H21NO. The number of nitrogens with one attached hydrogen (secondary N) is 1. The van der Waals surface area contributed by atoms with Crippen molar-refractivity contribution in [3.8, 4) is 11.8 Å². The summed E-state index contributed by atoms with van der Waals surface area (Å²) in [7, 11) is 0. The third kappa shape index (κ3) is 1.73. The summed E-state index contributed by atoms with van der Waals surface area (Å²) in [6.45, 7) is 9.27. The summed E-state index contributed by atoms with van der Waals surface area (Å²) in [5.74, 6) is 6.58. The zero-order valence-corrected chi connectivity index (χ0v) is 10.7. The lowest BCUT2D eigenvalue weighted by molar-refractivity contribution is -0.144. The molecule has 0 spiro atoms. The summed E-state index contributed by atoms with van der Waals surface area (Å²) in [4.78, 5) is 12.0. The number of carbonyl (C=O) groups excluding carboxylic acids is 1. The second-order valence-electron chi connectivity index (χ2n) is 6.52. The first-order chi connectivity index (χ1) is 7.31. The highest BCUT2D eigenvalue weighted by molar-refractivity contribution is 5.83. The Kier molecular flexibility index (Phi) is 2.35. The number of fused-ring (bicyclic) bond motifs is 2. The molecule has 0 aromatic rings. The van der Waals surface area contributed by atoms with E-state index in [0.717, 1.165) is 25.8 Å². The van der Waals surface area contributed by atoms with E-state index in [1.807, 2.05) is 6.92 Å². The van der Waals surface area contributed by atoms with Crippen molar-refractivity contribution >= 4 is 5.91 Å². The van der Waals surface area contributed by atoms with Crippen LogP contribution in [-0.2, 0) is 4.79 Å². The largest absolute Gasteiger partial charge is 0.355 e. The van der Waals surface area contributed by atoms with Crippen molar-refractivity contribution in [2.24, 2.45) is 16.2 Å². The van der Waals surface area contributed by atoms with Gasteiger partial charge in [-0.2, -0.15) is 0 Å². The number of carbonyl (C=O) groups is 1. The Morgan fingerprint density at radius 3 is 2.50 bits per heavy atom. The molecule has 2 nitrogen and oxygen atoms in total. The van der Waals surface area contributed by atoms with Crippen LogP contribution in [-0.4, -0.2) is 12.5 Å². The fourth-order valence-corrected chi connectivity index (χ4v) is 4.12. The quantitative estimate of drug-likeness (QED) is 0.622. The summed E-state index contributed by atoms with van der Waals surface area (Å²) < 4.78 is 0. The average Bonchev–Trinajstić information content (AvgIpc) is 2.10. The lowest BCUT2D eigenvalue weighted by atomic mass is 9.53. The predicted molar refractivity (Wildman–Crippen MR) is 64.6 cm³/mol. The van der Waals surface area contributed by atoms with E-state index < -0.39 is 0 Å². The Hall–Kier alpha value is -0.970. The number of amides is 1. The number of hydrogen-bond acceptors (Lipinski definition) is 1. The molecule has 1 heterocycles. The van der Waals surface area contributed by atoms with Crippen LogP contribution in [0.2, 0.25) is 0 Å². The van der Waals surface area contributed by atoms with E-state index in [1.54, 1.807) is 0 Å². The molecule has 0 radical (unpaired) electrons. The highest BCUT2D eigenvalue weighted by Gasteiger charge is 2.54. The average molecular weight is 219 g/mol. The van der Waals surface area contributed by atoms with Gasteiger partial charge in [0, 0.05) is 17.4 Å². The molecule has 2 heteroatoms. The van der Waals surface area contributed by atoms with Crippen molar-refractivity contribution in [2.45, 2.75) is 47.0 Å². The Bertz CT molecular complexity index is 391. The van der Waals surface area contributed by atoms with Crippen LogP contribution < -0.4 is 5.32 Å². The van der Waals surface area contributed by atoms with E-state index in [1.165, 1.54) is 0 Å². The highest BCUT2D eigenvalue weighted by Crippen LogP contribution is 2.55. The van der Waals surface area contributed by atoms with Crippen molar-refractivity contribution in [3.63, 3.8) is 0 Å². The Labute approximate surface area is 98.2 Å². The molecule has 0 aromatic heterocycles. The molecule has 1 aliphatic heterocycles. The molecule has 3 atom stereocenters. The molecule has 1 saturated heterocycles. The molecule has 1 aliphatic carbocycles. The van der Waals surface area contributed by atoms with Gasteiger partial charge in [0.2, 0.25) is 5.91 Å². The van der Waals surface area contributed by atoms with E-state index >= 15 is 0 Å². The van der Waals surface area contributed by atoms with Crippen molar-refractivity contribution in [1.82, 2.24) is 5.32 Å². The molecule has 1 saturated carbocycles. The highest BCUT2D eigenvalue weighted by atomic mass is 16.2. The van der Waals surface area contributed by atoms with E-state index in [-0.39, 0.29) is 22.2 Å². The Balaban J connectivity index is 2.38. The molecule has 2 rings (SSSR count). The summed E-state index contributed by atoms with van der Waals surface area (Å²) in [6, 6.07) is 0. The molecule has 2 aliphatic rings. The van der Waals surface area contributed by atoms with E-state index in [4.69, 9.17) is 0 Å². The number of hydrogen-bond donors (Lipinski definition) is 1. The van der Waals surface area contributed by atoms with Crippen molar-refractivity contribution in [1.29, 1.82) is 0 Å². The van der Waals surface area contributed by atoms with Crippen molar-refractivity contribution in [3.05, 3.63) is 0 Å². The van der Waals surface area contributed by atoms with Crippen molar-refractivity contribution in [2.75, 3.05) is 6.54 Å². The van der Waals surface area contributed by atoms with Crippen LogP contribution in [0.15, 0.2) is 0 Å². The SMILES string of the molecule is CC#CC1(C)CC2(C)CNC(=O)C(C)(C1)C2. The summed E-state index contributed by atoms with van der Waals surface area (Å²) >= 11 is 0. The topological polar surface area (TPSA) is 29.1 Å². The van der Waals surface area contributed by atoms with Crippen LogP contribution in [0.25, 0.3) is 0 Å². The first-order valence-corrected chi connectivity index (χ1v) is 6.03. The van der Waals surface area contributed by atoms with Gasteiger partial charge in [0.05, 0.1) is 0 Å². The smallest absolute Gasteiger partial charge is 0.226 e. The fourth-order valence-electron chi connectivity index (χ4n) is 4.12. The predicted octanol–water partition coefficient (Wildman–Crippen LogP) is 2.34. The Morgan fingerprint density at radius 2 is 1.88 bits per heavy atom. The van der Waals surface area contributed by atoms with Crippen LogP contribution in [0.1, 0.15) is 47.0 Å².